The van der Waals surface area contributed by atoms with Gasteiger partial charge in [0.05, 0.1) is 24.3 Å². The summed E-state index contributed by atoms with van der Waals surface area (Å²) in [5.41, 5.74) is 1.06. The van der Waals surface area contributed by atoms with E-state index in [1.165, 1.54) is 19.2 Å². The summed E-state index contributed by atoms with van der Waals surface area (Å²) in [4.78, 5) is 42.0. The van der Waals surface area contributed by atoms with Gasteiger partial charge < -0.3 is 40.4 Å². The van der Waals surface area contributed by atoms with Gasteiger partial charge in [-0.15, -0.1) is 0 Å². The molecule has 1 aliphatic rings. The highest BCUT2D eigenvalue weighted by molar-refractivity contribution is 5.97. The molecule has 1 saturated heterocycles. The Hall–Kier alpha value is -5.49. The van der Waals surface area contributed by atoms with E-state index in [2.05, 4.69) is 10.3 Å². The summed E-state index contributed by atoms with van der Waals surface area (Å²) < 4.78 is 5.61. The number of amides is 1. The maximum Gasteiger partial charge on any atom is 0.345 e. The van der Waals surface area contributed by atoms with Crippen LogP contribution in [0.1, 0.15) is 63.0 Å². The molecular weight excluding hydrogens is 638 g/mol. The monoisotopic (exact) mass is 677 g/mol. The number of methoxy groups -OCH3 is 1. The number of carbonyl (C=O) groups excluding carboxylic acids is 1. The summed E-state index contributed by atoms with van der Waals surface area (Å²) in [5.74, 6) is -1.05. The van der Waals surface area contributed by atoms with Crippen molar-refractivity contribution in [1.82, 2.24) is 15.2 Å². The number of H-pyrrole nitrogens is 1. The molecule has 11 heteroatoms. The predicted octanol–water partition coefficient (Wildman–Crippen LogP) is 4.41. The van der Waals surface area contributed by atoms with E-state index < -0.39 is 17.7 Å². The third kappa shape index (κ3) is 6.84. The van der Waals surface area contributed by atoms with Gasteiger partial charge in [0, 0.05) is 37.6 Å². The van der Waals surface area contributed by atoms with Crippen molar-refractivity contribution in [2.75, 3.05) is 26.7 Å². The number of aliphatic hydroxyl groups excluding tert-OH is 1. The van der Waals surface area contributed by atoms with Gasteiger partial charge in [0.2, 0.25) is 11.2 Å². The highest BCUT2D eigenvalue weighted by Gasteiger charge is 2.40. The number of phenolic OH excluding ortho intramolecular Hbond substituents is 1. The molecule has 0 saturated carbocycles. The first-order valence-corrected chi connectivity index (χ1v) is 16.4. The Morgan fingerprint density at radius 1 is 0.960 bits per heavy atom. The number of likely N-dealkylation sites (tertiary alicyclic amines) is 1. The number of phenols is 1. The number of aromatic hydroxyl groups is 1. The normalized spacial score (nSPS) is 15.4. The first-order valence-electron chi connectivity index (χ1n) is 16.4. The number of aromatic nitrogens is 1. The molecule has 0 radical (unpaired) electrons. The van der Waals surface area contributed by atoms with E-state index in [1.807, 2.05) is 12.1 Å². The third-order valence-corrected chi connectivity index (χ3v) is 9.49. The standard InChI is InChI=1S/C39H39N3O8/c1-50-34-20-24(22-40-23-33(44)29-12-14-32(43)36-30(29)13-15-35(45)41-36)10-11-31(34)37(46)42-18-16-25(17-19-42)26-6-5-9-28(21-26)39(49,38(47)48)27-7-3-2-4-8-27/h2-15,20-21,25,33,40,43-44,49H,16-19,22-23H2,1H3,(H,41,45)(H,47,48)/t33-,39-/m0/s1. The van der Waals surface area contributed by atoms with E-state index in [1.54, 1.807) is 77.7 Å². The SMILES string of the molecule is COc1cc(CNC[C@H](O)c2ccc(O)c3[nH]c(=O)ccc23)ccc1C(=O)N1CCC(c2cccc([C@](O)(C(=O)O)c3ccccc3)c2)CC1. The fourth-order valence-electron chi connectivity index (χ4n) is 6.73. The summed E-state index contributed by atoms with van der Waals surface area (Å²) in [5, 5.41) is 46.1. The highest BCUT2D eigenvalue weighted by atomic mass is 16.5. The maximum atomic E-state index is 13.6. The minimum Gasteiger partial charge on any atom is -0.506 e. The predicted molar refractivity (Wildman–Crippen MR) is 187 cm³/mol. The van der Waals surface area contributed by atoms with Crippen LogP contribution in [0.15, 0.2) is 102 Å². The summed E-state index contributed by atoms with van der Waals surface area (Å²) in [6.45, 7) is 1.59. The van der Waals surface area contributed by atoms with Crippen molar-refractivity contribution in [2.45, 2.75) is 37.0 Å². The van der Waals surface area contributed by atoms with Gasteiger partial charge in [-0.05, 0) is 70.8 Å². The molecule has 0 aliphatic carbocycles. The van der Waals surface area contributed by atoms with Crippen LogP contribution in [0, 0.1) is 0 Å². The lowest BCUT2D eigenvalue weighted by molar-refractivity contribution is -0.155. The Labute approximate surface area is 288 Å². The number of aliphatic carboxylic acids is 1. The third-order valence-electron chi connectivity index (χ3n) is 9.49. The molecule has 5 aromatic rings. The van der Waals surface area contributed by atoms with Gasteiger partial charge in [0.15, 0.2) is 0 Å². The first kappa shape index (κ1) is 34.4. The molecule has 0 unspecified atom stereocenters. The number of hydrogen-bond acceptors (Lipinski definition) is 8. The average molecular weight is 678 g/mol. The molecule has 0 bridgehead atoms. The highest BCUT2D eigenvalue weighted by Crippen LogP contribution is 2.35. The van der Waals surface area contributed by atoms with Crippen LogP contribution < -0.4 is 15.6 Å². The Morgan fingerprint density at radius 3 is 2.42 bits per heavy atom. The summed E-state index contributed by atoms with van der Waals surface area (Å²) in [6.07, 6.45) is 0.431. The van der Waals surface area contributed by atoms with Crippen molar-refractivity contribution in [3.63, 3.8) is 0 Å². The minimum absolute atomic E-state index is 0.0757. The molecule has 6 rings (SSSR count). The molecule has 4 aromatic carbocycles. The second-order valence-electron chi connectivity index (χ2n) is 12.5. The number of ether oxygens (including phenoxy) is 1. The number of aromatic amines is 1. The van der Waals surface area contributed by atoms with Gasteiger partial charge in [-0.3, -0.25) is 9.59 Å². The molecule has 11 nitrogen and oxygen atoms in total. The van der Waals surface area contributed by atoms with Crippen LogP contribution in [0.4, 0.5) is 0 Å². The molecule has 0 spiro atoms. The number of hydrogen-bond donors (Lipinski definition) is 6. The molecule has 1 aliphatic heterocycles. The molecule has 1 fully saturated rings. The van der Waals surface area contributed by atoms with Crippen molar-refractivity contribution in [3.8, 4) is 11.5 Å². The number of fused-ring (bicyclic) bond motifs is 1. The van der Waals surface area contributed by atoms with Crippen molar-refractivity contribution in [2.24, 2.45) is 0 Å². The number of carboxylic acids is 1. The lowest BCUT2D eigenvalue weighted by Gasteiger charge is -2.33. The zero-order valence-corrected chi connectivity index (χ0v) is 27.5. The van der Waals surface area contributed by atoms with Crippen molar-refractivity contribution >= 4 is 22.8 Å². The largest absolute Gasteiger partial charge is 0.506 e. The van der Waals surface area contributed by atoms with Crippen molar-refractivity contribution in [1.29, 1.82) is 0 Å². The fraction of sp³-hybridized carbons (Fsp3) is 0.256. The Kier molecular flexibility index (Phi) is 10.0. The van der Waals surface area contributed by atoms with E-state index in [-0.39, 0.29) is 46.3 Å². The summed E-state index contributed by atoms with van der Waals surface area (Å²) in [6, 6.07) is 26.8. The number of pyridine rings is 1. The second kappa shape index (κ2) is 14.6. The topological polar surface area (TPSA) is 172 Å². The van der Waals surface area contributed by atoms with Crippen LogP contribution in [-0.2, 0) is 16.9 Å². The number of benzene rings is 4. The summed E-state index contributed by atoms with van der Waals surface area (Å²) >= 11 is 0. The molecule has 258 valence electrons. The number of nitrogens with zero attached hydrogens (tertiary/aromatic N) is 1. The van der Waals surface area contributed by atoms with Crippen LogP contribution in [0.3, 0.4) is 0 Å². The molecular formula is C39H39N3O8. The van der Waals surface area contributed by atoms with Gasteiger partial charge in [0.25, 0.3) is 5.91 Å². The zero-order valence-electron chi connectivity index (χ0n) is 27.5. The van der Waals surface area contributed by atoms with E-state index in [4.69, 9.17) is 4.74 Å². The molecule has 6 N–H and O–H groups in total. The van der Waals surface area contributed by atoms with E-state index in [0.717, 1.165) is 11.1 Å². The molecule has 1 amide bonds. The van der Waals surface area contributed by atoms with Gasteiger partial charge in [-0.2, -0.15) is 0 Å². The number of carboxylic acid groups (broad SMARTS) is 1. The van der Waals surface area contributed by atoms with E-state index in [9.17, 15) is 34.8 Å². The first-order chi connectivity index (χ1) is 24.1. The Morgan fingerprint density at radius 2 is 1.70 bits per heavy atom. The Bertz CT molecular complexity index is 2070. The minimum atomic E-state index is -2.18. The average Bonchev–Trinajstić information content (AvgIpc) is 3.14. The van der Waals surface area contributed by atoms with Gasteiger partial charge in [-0.1, -0.05) is 66.7 Å². The second-order valence-corrected chi connectivity index (χ2v) is 12.5. The Balaban J connectivity index is 1.08. The van der Waals surface area contributed by atoms with Crippen LogP contribution in [0.5, 0.6) is 11.5 Å². The molecule has 1 aromatic heterocycles. The van der Waals surface area contributed by atoms with Gasteiger partial charge in [-0.25, -0.2) is 4.79 Å². The maximum absolute atomic E-state index is 13.6. The number of rotatable bonds is 11. The molecule has 2 atom stereocenters. The molecule has 2 heterocycles. The van der Waals surface area contributed by atoms with Crippen LogP contribution in [0.25, 0.3) is 10.9 Å². The van der Waals surface area contributed by atoms with Gasteiger partial charge >= 0.3 is 5.97 Å². The van der Waals surface area contributed by atoms with E-state index in [0.29, 0.717) is 54.7 Å². The van der Waals surface area contributed by atoms with Crippen LogP contribution >= 0.6 is 0 Å². The quantitative estimate of drug-likeness (QED) is 0.119. The van der Waals surface area contributed by atoms with Crippen LogP contribution in [-0.4, -0.2) is 68.9 Å². The lowest BCUT2D eigenvalue weighted by Crippen LogP contribution is -2.38. The number of piperidine rings is 1. The lowest BCUT2D eigenvalue weighted by atomic mass is 9.82. The number of carbonyl (C=O) groups is 2. The number of aliphatic hydroxyl groups is 2. The van der Waals surface area contributed by atoms with Crippen LogP contribution in [0.2, 0.25) is 0 Å². The van der Waals surface area contributed by atoms with E-state index >= 15 is 0 Å². The van der Waals surface area contributed by atoms with Crippen molar-refractivity contribution < 1.29 is 34.8 Å². The number of nitrogens with one attached hydrogen (secondary N) is 2. The molecule has 50 heavy (non-hydrogen) atoms. The zero-order chi connectivity index (χ0) is 35.4. The van der Waals surface area contributed by atoms with Crippen molar-refractivity contribution in [3.05, 3.63) is 141 Å². The summed E-state index contributed by atoms with van der Waals surface area (Å²) in [7, 11) is 1.51. The fourth-order valence-corrected chi connectivity index (χ4v) is 6.73. The smallest absolute Gasteiger partial charge is 0.345 e. The van der Waals surface area contributed by atoms with Gasteiger partial charge in [0.1, 0.15) is 11.5 Å².